The first-order valence-electron chi connectivity index (χ1n) is 10.1. The molecule has 2 N–H and O–H groups in total. The number of aliphatic imine (C=N–C) groups is 1. The number of guanidine groups is 1. The molecule has 1 unspecified atom stereocenters. The molecular weight excluding hydrogens is 451 g/mol. The number of ether oxygens (including phenoxy) is 1. The molecule has 1 aromatic carbocycles. The van der Waals surface area contributed by atoms with Crippen LogP contribution in [0, 0.1) is 5.92 Å². The SMILES string of the molecule is CCNC(=NCCOCC(C)C)NC(C)c1cccc(N2CCCC2)c1.I. The minimum Gasteiger partial charge on any atom is -0.379 e. The molecule has 0 amide bonds. The van der Waals surface area contributed by atoms with Gasteiger partial charge in [0.05, 0.1) is 19.2 Å². The average Bonchev–Trinajstić information content (AvgIpc) is 3.16. The van der Waals surface area contributed by atoms with Gasteiger partial charge in [-0.15, -0.1) is 24.0 Å². The predicted molar refractivity (Wildman–Crippen MR) is 126 cm³/mol. The Morgan fingerprint density at radius 2 is 1.96 bits per heavy atom. The highest BCUT2D eigenvalue weighted by Crippen LogP contribution is 2.23. The monoisotopic (exact) mass is 488 g/mol. The lowest BCUT2D eigenvalue weighted by molar-refractivity contribution is 0.117. The molecule has 1 saturated heterocycles. The molecule has 154 valence electrons. The van der Waals surface area contributed by atoms with Crippen LogP contribution in [-0.2, 0) is 4.74 Å². The van der Waals surface area contributed by atoms with Crippen LogP contribution in [0.2, 0.25) is 0 Å². The number of halogens is 1. The number of hydrogen-bond donors (Lipinski definition) is 2. The maximum Gasteiger partial charge on any atom is 0.191 e. The fraction of sp³-hybridized carbons (Fsp3) is 0.667. The lowest BCUT2D eigenvalue weighted by Crippen LogP contribution is -2.39. The zero-order valence-corrected chi connectivity index (χ0v) is 19.7. The largest absolute Gasteiger partial charge is 0.379 e. The van der Waals surface area contributed by atoms with Crippen LogP contribution in [0.1, 0.15) is 52.1 Å². The van der Waals surface area contributed by atoms with E-state index in [0.717, 1.165) is 19.1 Å². The van der Waals surface area contributed by atoms with Crippen molar-refractivity contribution in [3.05, 3.63) is 29.8 Å². The second-order valence-electron chi connectivity index (χ2n) is 7.38. The minimum atomic E-state index is 0. The van der Waals surface area contributed by atoms with Gasteiger partial charge in [-0.1, -0.05) is 26.0 Å². The molecule has 1 aromatic rings. The summed E-state index contributed by atoms with van der Waals surface area (Å²) in [5.41, 5.74) is 2.62. The number of rotatable bonds is 9. The molecular formula is C21H37IN4O. The van der Waals surface area contributed by atoms with Gasteiger partial charge in [0, 0.05) is 31.9 Å². The van der Waals surface area contributed by atoms with Crippen LogP contribution in [0.25, 0.3) is 0 Å². The summed E-state index contributed by atoms with van der Waals surface area (Å²) in [4.78, 5) is 7.11. The molecule has 0 radical (unpaired) electrons. The van der Waals surface area contributed by atoms with Crippen LogP contribution in [0.4, 0.5) is 5.69 Å². The van der Waals surface area contributed by atoms with Crippen molar-refractivity contribution in [1.82, 2.24) is 10.6 Å². The van der Waals surface area contributed by atoms with Crippen LogP contribution in [-0.4, -0.2) is 45.4 Å². The normalized spacial score (nSPS) is 15.6. The first-order valence-corrected chi connectivity index (χ1v) is 10.1. The molecule has 5 nitrogen and oxygen atoms in total. The Balaban J connectivity index is 0.00000364. The van der Waals surface area contributed by atoms with Gasteiger partial charge in [0.15, 0.2) is 5.96 Å². The molecule has 6 heteroatoms. The number of nitrogens with zero attached hydrogens (tertiary/aromatic N) is 2. The number of benzene rings is 1. The molecule has 0 aliphatic carbocycles. The number of nitrogens with one attached hydrogen (secondary N) is 2. The van der Waals surface area contributed by atoms with E-state index in [1.54, 1.807) is 0 Å². The van der Waals surface area contributed by atoms with Crippen molar-refractivity contribution in [3.8, 4) is 0 Å². The summed E-state index contributed by atoms with van der Waals surface area (Å²) < 4.78 is 5.62. The zero-order chi connectivity index (χ0) is 18.8. The number of anilines is 1. The van der Waals surface area contributed by atoms with Gasteiger partial charge in [0.25, 0.3) is 0 Å². The van der Waals surface area contributed by atoms with Crippen LogP contribution >= 0.6 is 24.0 Å². The highest BCUT2D eigenvalue weighted by atomic mass is 127. The fourth-order valence-electron chi connectivity index (χ4n) is 3.12. The van der Waals surface area contributed by atoms with E-state index in [4.69, 9.17) is 4.74 Å². The average molecular weight is 488 g/mol. The predicted octanol–water partition coefficient (Wildman–Crippen LogP) is 4.19. The first kappa shape index (κ1) is 24.0. The molecule has 0 aromatic heterocycles. The van der Waals surface area contributed by atoms with Crippen molar-refractivity contribution in [2.24, 2.45) is 10.9 Å². The highest BCUT2D eigenvalue weighted by molar-refractivity contribution is 14.0. The van der Waals surface area contributed by atoms with Crippen LogP contribution in [0.3, 0.4) is 0 Å². The van der Waals surface area contributed by atoms with Crippen LogP contribution in [0.15, 0.2) is 29.3 Å². The van der Waals surface area contributed by atoms with Crippen LogP contribution in [0.5, 0.6) is 0 Å². The van der Waals surface area contributed by atoms with E-state index in [1.807, 2.05) is 0 Å². The molecule has 27 heavy (non-hydrogen) atoms. The minimum absolute atomic E-state index is 0. The summed E-state index contributed by atoms with van der Waals surface area (Å²) in [5, 5.41) is 6.84. The van der Waals surface area contributed by atoms with Gasteiger partial charge in [-0.2, -0.15) is 0 Å². The maximum atomic E-state index is 5.62. The van der Waals surface area contributed by atoms with Crippen molar-refractivity contribution < 1.29 is 4.74 Å². The van der Waals surface area contributed by atoms with Gasteiger partial charge in [-0.05, 0) is 50.3 Å². The third-order valence-corrected chi connectivity index (χ3v) is 4.50. The van der Waals surface area contributed by atoms with E-state index in [-0.39, 0.29) is 30.0 Å². The van der Waals surface area contributed by atoms with Gasteiger partial charge in [-0.25, -0.2) is 0 Å². The molecule has 0 bridgehead atoms. The highest BCUT2D eigenvalue weighted by Gasteiger charge is 2.14. The molecule has 0 saturated carbocycles. The van der Waals surface area contributed by atoms with E-state index in [0.29, 0.717) is 19.1 Å². The number of hydrogen-bond acceptors (Lipinski definition) is 3. The van der Waals surface area contributed by atoms with E-state index in [9.17, 15) is 0 Å². The Labute approximate surface area is 182 Å². The lowest BCUT2D eigenvalue weighted by atomic mass is 10.1. The van der Waals surface area contributed by atoms with Crippen molar-refractivity contribution in [2.75, 3.05) is 44.3 Å². The van der Waals surface area contributed by atoms with E-state index < -0.39 is 0 Å². The van der Waals surface area contributed by atoms with Crippen molar-refractivity contribution in [3.63, 3.8) is 0 Å². The van der Waals surface area contributed by atoms with E-state index >= 15 is 0 Å². The summed E-state index contributed by atoms with van der Waals surface area (Å²) in [6.07, 6.45) is 2.60. The van der Waals surface area contributed by atoms with E-state index in [1.165, 1.54) is 37.2 Å². The van der Waals surface area contributed by atoms with Gasteiger partial charge in [0.2, 0.25) is 0 Å². The van der Waals surface area contributed by atoms with Crippen molar-refractivity contribution in [2.45, 2.75) is 46.6 Å². The Morgan fingerprint density at radius 3 is 2.63 bits per heavy atom. The molecule has 1 atom stereocenters. The Kier molecular flexibility index (Phi) is 11.7. The first-order chi connectivity index (χ1) is 12.6. The van der Waals surface area contributed by atoms with Crippen molar-refractivity contribution >= 4 is 35.6 Å². The molecule has 1 aliphatic rings. The van der Waals surface area contributed by atoms with Gasteiger partial charge >= 0.3 is 0 Å². The molecule has 1 fully saturated rings. The van der Waals surface area contributed by atoms with Gasteiger partial charge in [-0.3, -0.25) is 4.99 Å². The Bertz CT molecular complexity index is 559. The standard InChI is InChI=1S/C21H36N4O.HI/c1-5-22-21(23-11-14-26-16-17(2)3)24-18(4)19-9-8-10-20(15-19)25-12-6-7-13-25;/h8-10,15,17-18H,5-7,11-14,16H2,1-4H3,(H2,22,23,24);1H. The zero-order valence-electron chi connectivity index (χ0n) is 17.3. The second-order valence-corrected chi connectivity index (χ2v) is 7.38. The third kappa shape index (κ3) is 8.68. The topological polar surface area (TPSA) is 48.9 Å². The van der Waals surface area contributed by atoms with Crippen molar-refractivity contribution in [1.29, 1.82) is 0 Å². The third-order valence-electron chi connectivity index (χ3n) is 4.50. The van der Waals surface area contributed by atoms with Gasteiger partial charge in [0.1, 0.15) is 0 Å². The maximum absolute atomic E-state index is 5.62. The summed E-state index contributed by atoms with van der Waals surface area (Å²) >= 11 is 0. The summed E-state index contributed by atoms with van der Waals surface area (Å²) in [7, 11) is 0. The Morgan fingerprint density at radius 1 is 1.22 bits per heavy atom. The molecule has 2 rings (SSSR count). The molecule has 1 aliphatic heterocycles. The summed E-state index contributed by atoms with van der Waals surface area (Å²) in [6, 6.07) is 9.06. The Hall–Kier alpha value is -1.02. The molecule has 1 heterocycles. The molecule has 0 spiro atoms. The quantitative estimate of drug-likeness (QED) is 0.237. The van der Waals surface area contributed by atoms with Gasteiger partial charge < -0.3 is 20.3 Å². The summed E-state index contributed by atoms with van der Waals surface area (Å²) in [6.45, 7) is 13.9. The second kappa shape index (κ2) is 13.2. The van der Waals surface area contributed by atoms with E-state index in [2.05, 4.69) is 72.5 Å². The smallest absolute Gasteiger partial charge is 0.191 e. The lowest BCUT2D eigenvalue weighted by Gasteiger charge is -2.22. The van der Waals surface area contributed by atoms with Crippen LogP contribution < -0.4 is 15.5 Å². The summed E-state index contributed by atoms with van der Waals surface area (Å²) in [5.74, 6) is 1.41. The fourth-order valence-corrected chi connectivity index (χ4v) is 3.12.